The summed E-state index contributed by atoms with van der Waals surface area (Å²) in [6, 6.07) is 0.505. The highest BCUT2D eigenvalue weighted by Crippen LogP contribution is 2.30. The third kappa shape index (κ3) is 5.73. The first-order valence-corrected chi connectivity index (χ1v) is 5.04. The largest absolute Gasteiger partial charge is 0.388 e. The van der Waals surface area contributed by atoms with Crippen LogP contribution in [0.3, 0.4) is 0 Å². The molecule has 0 heterocycles. The van der Waals surface area contributed by atoms with Crippen LogP contribution >= 0.6 is 0 Å². The van der Waals surface area contributed by atoms with Gasteiger partial charge in [0.15, 0.2) is 0 Å². The molecule has 0 saturated carbocycles. The first-order valence-electron chi connectivity index (χ1n) is 5.04. The van der Waals surface area contributed by atoms with Gasteiger partial charge in [-0.3, -0.25) is 0 Å². The quantitative estimate of drug-likeness (QED) is 0.705. The minimum Gasteiger partial charge on any atom is -0.388 e. The summed E-state index contributed by atoms with van der Waals surface area (Å²) in [5.74, 6) is 0. The summed E-state index contributed by atoms with van der Waals surface area (Å²) in [5.41, 5.74) is 0.662. The van der Waals surface area contributed by atoms with Crippen molar-refractivity contribution in [3.63, 3.8) is 0 Å². The summed E-state index contributed by atoms with van der Waals surface area (Å²) in [6.07, 6.45) is 2.98. The van der Waals surface area contributed by atoms with Gasteiger partial charge < -0.3 is 5.32 Å². The van der Waals surface area contributed by atoms with Crippen molar-refractivity contribution >= 4 is 0 Å². The Bertz CT molecular complexity index is 157. The summed E-state index contributed by atoms with van der Waals surface area (Å²) in [7, 11) is 0. The van der Waals surface area contributed by atoms with E-state index in [1.807, 2.05) is 6.20 Å². The highest BCUT2D eigenvalue weighted by Gasteiger charge is 2.27. The molecular weight excluding hydrogens is 158 g/mol. The van der Waals surface area contributed by atoms with Crippen LogP contribution in [0.2, 0.25) is 0 Å². The fourth-order valence-electron chi connectivity index (χ4n) is 1.37. The molecule has 13 heavy (non-hydrogen) atoms. The van der Waals surface area contributed by atoms with Crippen LogP contribution in [0.4, 0.5) is 0 Å². The van der Waals surface area contributed by atoms with Gasteiger partial charge in [0.2, 0.25) is 0 Å². The van der Waals surface area contributed by atoms with E-state index in [4.69, 9.17) is 0 Å². The molecule has 0 aliphatic rings. The van der Waals surface area contributed by atoms with Crippen molar-refractivity contribution < 1.29 is 0 Å². The molecule has 0 fully saturated rings. The van der Waals surface area contributed by atoms with Crippen LogP contribution in [-0.2, 0) is 0 Å². The lowest BCUT2D eigenvalue weighted by molar-refractivity contribution is 0.209. The topological polar surface area (TPSA) is 12.0 Å². The highest BCUT2D eigenvalue weighted by molar-refractivity contribution is 4.87. The van der Waals surface area contributed by atoms with E-state index in [1.54, 1.807) is 0 Å². The summed E-state index contributed by atoms with van der Waals surface area (Å²) >= 11 is 0. The lowest BCUT2D eigenvalue weighted by Crippen LogP contribution is -2.40. The van der Waals surface area contributed by atoms with Crippen LogP contribution < -0.4 is 5.32 Å². The van der Waals surface area contributed by atoms with E-state index < -0.39 is 0 Å². The maximum absolute atomic E-state index is 3.73. The fourth-order valence-corrected chi connectivity index (χ4v) is 1.37. The van der Waals surface area contributed by atoms with Gasteiger partial charge in [0.1, 0.15) is 0 Å². The maximum atomic E-state index is 3.73. The lowest BCUT2D eigenvalue weighted by Gasteiger charge is -2.35. The standard InChI is InChI=1S/C12H25N/c1-8-13-10(12(5,6)7)9-11(2,3)4/h8,10,13H,1,9H2,2-7H3. The van der Waals surface area contributed by atoms with Crippen molar-refractivity contribution in [1.29, 1.82) is 0 Å². The second-order valence-corrected chi connectivity index (χ2v) is 6.05. The molecule has 0 bridgehead atoms. The van der Waals surface area contributed by atoms with E-state index in [1.165, 1.54) is 6.42 Å². The average molecular weight is 183 g/mol. The zero-order chi connectivity index (χ0) is 10.7. The Morgan fingerprint density at radius 3 is 1.85 bits per heavy atom. The predicted molar refractivity (Wildman–Crippen MR) is 60.6 cm³/mol. The molecular formula is C12H25N. The van der Waals surface area contributed by atoms with Gasteiger partial charge in [-0.1, -0.05) is 48.1 Å². The van der Waals surface area contributed by atoms with Crippen LogP contribution in [0.1, 0.15) is 48.0 Å². The van der Waals surface area contributed by atoms with Crippen LogP contribution in [0.25, 0.3) is 0 Å². The van der Waals surface area contributed by atoms with Crippen molar-refractivity contribution in [3.8, 4) is 0 Å². The van der Waals surface area contributed by atoms with E-state index in [9.17, 15) is 0 Å². The normalized spacial score (nSPS) is 15.2. The fraction of sp³-hybridized carbons (Fsp3) is 0.833. The Labute approximate surface area is 83.6 Å². The monoisotopic (exact) mass is 183 g/mol. The van der Waals surface area contributed by atoms with Crippen LogP contribution in [0, 0.1) is 10.8 Å². The molecule has 0 aliphatic heterocycles. The van der Waals surface area contributed by atoms with Gasteiger partial charge in [-0.2, -0.15) is 0 Å². The second kappa shape index (κ2) is 4.17. The van der Waals surface area contributed by atoms with E-state index in [0.29, 0.717) is 16.9 Å². The van der Waals surface area contributed by atoms with Crippen molar-refractivity contribution in [2.45, 2.75) is 54.0 Å². The van der Waals surface area contributed by atoms with Crippen LogP contribution in [-0.4, -0.2) is 6.04 Å². The minimum absolute atomic E-state index is 0.293. The van der Waals surface area contributed by atoms with E-state index in [0.717, 1.165) is 0 Å². The summed E-state index contributed by atoms with van der Waals surface area (Å²) in [5, 5.41) is 3.34. The third-order valence-electron chi connectivity index (χ3n) is 2.18. The number of hydrogen-bond acceptors (Lipinski definition) is 1. The molecule has 0 aromatic carbocycles. The summed E-state index contributed by atoms with van der Waals surface area (Å²) < 4.78 is 0. The molecule has 0 saturated heterocycles. The third-order valence-corrected chi connectivity index (χ3v) is 2.18. The van der Waals surface area contributed by atoms with Crippen molar-refractivity contribution in [3.05, 3.63) is 12.8 Å². The zero-order valence-corrected chi connectivity index (χ0v) is 10.1. The SMILES string of the molecule is C=CNC(CC(C)(C)C)C(C)(C)C. The van der Waals surface area contributed by atoms with E-state index in [-0.39, 0.29) is 0 Å². The molecule has 1 N–H and O–H groups in total. The molecule has 1 unspecified atom stereocenters. The predicted octanol–water partition coefficient (Wildman–Crippen LogP) is 3.57. The average Bonchev–Trinajstić information content (AvgIpc) is 1.81. The molecule has 78 valence electrons. The number of nitrogens with one attached hydrogen (secondary N) is 1. The summed E-state index contributed by atoms with van der Waals surface area (Å²) in [4.78, 5) is 0. The van der Waals surface area contributed by atoms with Crippen molar-refractivity contribution in [2.24, 2.45) is 10.8 Å². The molecule has 0 aromatic rings. The van der Waals surface area contributed by atoms with Gasteiger partial charge in [0.05, 0.1) is 0 Å². The first kappa shape index (κ1) is 12.5. The molecule has 1 heteroatoms. The van der Waals surface area contributed by atoms with Crippen molar-refractivity contribution in [2.75, 3.05) is 0 Å². The number of rotatable bonds is 3. The van der Waals surface area contributed by atoms with Gasteiger partial charge in [0, 0.05) is 6.04 Å². The van der Waals surface area contributed by atoms with Gasteiger partial charge >= 0.3 is 0 Å². The van der Waals surface area contributed by atoms with E-state index >= 15 is 0 Å². The van der Waals surface area contributed by atoms with Crippen LogP contribution in [0.5, 0.6) is 0 Å². The van der Waals surface area contributed by atoms with Gasteiger partial charge in [-0.15, -0.1) is 0 Å². The Morgan fingerprint density at radius 2 is 1.62 bits per heavy atom. The summed E-state index contributed by atoms with van der Waals surface area (Å²) in [6.45, 7) is 17.3. The Balaban J connectivity index is 4.35. The zero-order valence-electron chi connectivity index (χ0n) is 10.1. The molecule has 1 atom stereocenters. The molecule has 0 aliphatic carbocycles. The Hall–Kier alpha value is -0.460. The number of hydrogen-bond donors (Lipinski definition) is 1. The Morgan fingerprint density at radius 1 is 1.15 bits per heavy atom. The van der Waals surface area contributed by atoms with Gasteiger partial charge in [-0.25, -0.2) is 0 Å². The van der Waals surface area contributed by atoms with Gasteiger partial charge in [-0.05, 0) is 23.5 Å². The molecule has 0 amide bonds. The highest BCUT2D eigenvalue weighted by atomic mass is 14.9. The van der Waals surface area contributed by atoms with Gasteiger partial charge in [0.25, 0.3) is 0 Å². The molecule has 0 aromatic heterocycles. The minimum atomic E-state index is 0.293. The molecule has 1 nitrogen and oxygen atoms in total. The molecule has 0 spiro atoms. The molecule has 0 radical (unpaired) electrons. The maximum Gasteiger partial charge on any atom is 0.0308 e. The van der Waals surface area contributed by atoms with Crippen LogP contribution in [0.15, 0.2) is 12.8 Å². The second-order valence-electron chi connectivity index (χ2n) is 6.05. The Kier molecular flexibility index (Phi) is 4.02. The first-order chi connectivity index (χ1) is 5.67. The van der Waals surface area contributed by atoms with Crippen molar-refractivity contribution in [1.82, 2.24) is 5.32 Å². The smallest absolute Gasteiger partial charge is 0.0308 e. The lowest BCUT2D eigenvalue weighted by atomic mass is 9.77. The molecule has 0 rings (SSSR count). The van der Waals surface area contributed by atoms with E-state index in [2.05, 4.69) is 53.4 Å².